The number of nitrogens with zero attached hydrogens (tertiary/aromatic N) is 3. The van der Waals surface area contributed by atoms with Crippen LogP contribution in [0.3, 0.4) is 0 Å². The summed E-state index contributed by atoms with van der Waals surface area (Å²) in [4.78, 5) is 34.4. The first-order valence-corrected chi connectivity index (χ1v) is 6.54. The van der Waals surface area contributed by atoms with E-state index in [1.54, 1.807) is 0 Å². The highest BCUT2D eigenvalue weighted by Gasteiger charge is 2.31. The van der Waals surface area contributed by atoms with Gasteiger partial charge in [0.25, 0.3) is 0 Å². The average molecular weight is 311 g/mol. The summed E-state index contributed by atoms with van der Waals surface area (Å²) in [6.07, 6.45) is 3.67. The van der Waals surface area contributed by atoms with Crippen LogP contribution in [0.1, 0.15) is 25.8 Å². The van der Waals surface area contributed by atoms with Crippen molar-refractivity contribution >= 4 is 27.2 Å². The number of aromatic amines is 1. The first-order chi connectivity index (χ1) is 8.58. The molecule has 2 aromatic heterocycles. The molecule has 0 unspecified atom stereocenters. The number of rotatable bonds is 2. The Kier molecular flexibility index (Phi) is 2.58. The second-order valence-corrected chi connectivity index (χ2v) is 5.38. The quantitative estimate of drug-likeness (QED) is 0.846. The fraction of sp³-hybridized carbons (Fsp3) is 0.455. The minimum absolute atomic E-state index is 0.0223. The lowest BCUT2D eigenvalue weighted by atomic mass is 10.2. The molecule has 3 rings (SSSR count). The molecule has 0 spiro atoms. The third-order valence-corrected chi connectivity index (χ3v) is 3.69. The van der Waals surface area contributed by atoms with Gasteiger partial charge in [0.2, 0.25) is 0 Å². The molecular weight excluding hydrogens is 300 g/mol. The van der Waals surface area contributed by atoms with Crippen molar-refractivity contribution in [2.75, 3.05) is 0 Å². The highest BCUT2D eigenvalue weighted by molar-refractivity contribution is 9.10. The van der Waals surface area contributed by atoms with Gasteiger partial charge in [-0.25, -0.2) is 9.97 Å². The third-order valence-electron chi connectivity index (χ3n) is 3.31. The van der Waals surface area contributed by atoms with Crippen molar-refractivity contribution in [3.63, 3.8) is 0 Å². The first-order valence-electron chi connectivity index (χ1n) is 5.75. The minimum atomic E-state index is -0.647. The standard InChI is InChI=1S/C11H11BrN4O2/c1-5(6-2-3-6)16-9-8(13-4-7(12)14-9)15-10(17)11(16)18/h4-6H,2-3H2,1H3,(H,13,15,17)/t5-/m0/s1. The van der Waals surface area contributed by atoms with Crippen LogP contribution in [-0.4, -0.2) is 19.5 Å². The summed E-state index contributed by atoms with van der Waals surface area (Å²) in [7, 11) is 0. The van der Waals surface area contributed by atoms with Gasteiger partial charge in [0, 0.05) is 6.04 Å². The molecule has 6 nitrogen and oxygen atoms in total. The van der Waals surface area contributed by atoms with Crippen LogP contribution in [-0.2, 0) is 0 Å². The summed E-state index contributed by atoms with van der Waals surface area (Å²) in [6, 6.07) is -0.0223. The Labute approximate surface area is 110 Å². The van der Waals surface area contributed by atoms with Crippen LogP contribution in [0.2, 0.25) is 0 Å². The molecule has 7 heteroatoms. The zero-order valence-electron chi connectivity index (χ0n) is 9.68. The lowest BCUT2D eigenvalue weighted by Crippen LogP contribution is -2.38. The Morgan fingerprint density at radius 3 is 2.89 bits per heavy atom. The van der Waals surface area contributed by atoms with Gasteiger partial charge in [0.1, 0.15) is 4.60 Å². The second-order valence-electron chi connectivity index (χ2n) is 4.57. The van der Waals surface area contributed by atoms with Gasteiger partial charge in [-0.15, -0.1) is 0 Å². The van der Waals surface area contributed by atoms with Gasteiger partial charge in [-0.1, -0.05) is 0 Å². The molecular formula is C11H11BrN4O2. The van der Waals surface area contributed by atoms with Crippen molar-refractivity contribution in [1.29, 1.82) is 0 Å². The van der Waals surface area contributed by atoms with E-state index in [0.717, 1.165) is 12.8 Å². The van der Waals surface area contributed by atoms with Crippen LogP contribution < -0.4 is 11.1 Å². The lowest BCUT2D eigenvalue weighted by Gasteiger charge is -2.15. The normalized spacial score (nSPS) is 17.0. The summed E-state index contributed by atoms with van der Waals surface area (Å²) in [5, 5.41) is 0. The molecule has 0 saturated heterocycles. The van der Waals surface area contributed by atoms with Crippen LogP contribution in [0.15, 0.2) is 20.4 Å². The van der Waals surface area contributed by atoms with Gasteiger partial charge in [-0.3, -0.25) is 19.1 Å². The van der Waals surface area contributed by atoms with E-state index >= 15 is 0 Å². The van der Waals surface area contributed by atoms with Gasteiger partial charge in [0.05, 0.1) is 6.20 Å². The average Bonchev–Trinajstić information content (AvgIpc) is 3.15. The number of fused-ring (bicyclic) bond motifs is 1. The molecule has 0 aromatic carbocycles. The molecule has 2 heterocycles. The number of hydrogen-bond donors (Lipinski definition) is 1. The first kappa shape index (κ1) is 11.6. The monoisotopic (exact) mass is 310 g/mol. The van der Waals surface area contributed by atoms with Crippen molar-refractivity contribution in [1.82, 2.24) is 19.5 Å². The lowest BCUT2D eigenvalue weighted by molar-refractivity contribution is 0.479. The molecule has 0 amide bonds. The van der Waals surface area contributed by atoms with Crippen LogP contribution in [0.5, 0.6) is 0 Å². The Hall–Kier alpha value is -1.50. The van der Waals surface area contributed by atoms with Gasteiger partial charge in [-0.05, 0) is 41.6 Å². The van der Waals surface area contributed by atoms with E-state index < -0.39 is 11.1 Å². The van der Waals surface area contributed by atoms with E-state index in [1.807, 2.05) is 6.92 Å². The molecule has 0 aliphatic heterocycles. The number of nitrogens with one attached hydrogen (secondary N) is 1. The van der Waals surface area contributed by atoms with E-state index in [4.69, 9.17) is 0 Å². The zero-order valence-corrected chi connectivity index (χ0v) is 11.3. The van der Waals surface area contributed by atoms with Gasteiger partial charge >= 0.3 is 11.1 Å². The predicted molar refractivity (Wildman–Crippen MR) is 69.6 cm³/mol. The summed E-state index contributed by atoms with van der Waals surface area (Å²) in [5.41, 5.74) is -0.440. The third kappa shape index (κ3) is 1.78. The summed E-state index contributed by atoms with van der Waals surface area (Å²) >= 11 is 3.23. The minimum Gasteiger partial charge on any atom is -0.299 e. The number of halogens is 1. The molecule has 1 saturated carbocycles. The Morgan fingerprint density at radius 1 is 1.50 bits per heavy atom. The van der Waals surface area contributed by atoms with Crippen LogP contribution in [0, 0.1) is 5.92 Å². The summed E-state index contributed by atoms with van der Waals surface area (Å²) < 4.78 is 2.00. The van der Waals surface area contributed by atoms with E-state index in [0.29, 0.717) is 21.8 Å². The van der Waals surface area contributed by atoms with E-state index in [9.17, 15) is 9.59 Å². The highest BCUT2D eigenvalue weighted by atomic mass is 79.9. The molecule has 0 bridgehead atoms. The maximum absolute atomic E-state index is 12.0. The van der Waals surface area contributed by atoms with Crippen molar-refractivity contribution < 1.29 is 0 Å². The maximum atomic E-state index is 12.0. The molecule has 1 aliphatic rings. The van der Waals surface area contributed by atoms with Crippen molar-refractivity contribution in [2.45, 2.75) is 25.8 Å². The fourth-order valence-corrected chi connectivity index (χ4v) is 2.42. The van der Waals surface area contributed by atoms with Crippen molar-refractivity contribution in [2.24, 2.45) is 5.92 Å². The Balaban J connectivity index is 2.38. The van der Waals surface area contributed by atoms with E-state index in [1.165, 1.54) is 10.8 Å². The molecule has 1 atom stereocenters. The van der Waals surface area contributed by atoms with Gasteiger partial charge in [0.15, 0.2) is 11.3 Å². The molecule has 1 N–H and O–H groups in total. The molecule has 18 heavy (non-hydrogen) atoms. The smallest absolute Gasteiger partial charge is 0.299 e. The maximum Gasteiger partial charge on any atom is 0.318 e. The SMILES string of the molecule is C[C@@H](C1CC1)n1c(=O)c(=O)[nH]c2ncc(Br)nc21. The summed E-state index contributed by atoms with van der Waals surface area (Å²) in [5.74, 6) is 0.452. The highest BCUT2D eigenvalue weighted by Crippen LogP contribution is 2.39. The second kappa shape index (κ2) is 4.01. The van der Waals surface area contributed by atoms with Crippen LogP contribution in [0.4, 0.5) is 0 Å². The molecule has 2 aromatic rings. The molecule has 94 valence electrons. The largest absolute Gasteiger partial charge is 0.318 e. The van der Waals surface area contributed by atoms with Gasteiger partial charge in [-0.2, -0.15) is 0 Å². The number of hydrogen-bond acceptors (Lipinski definition) is 4. The molecule has 1 aliphatic carbocycles. The molecule has 0 radical (unpaired) electrons. The van der Waals surface area contributed by atoms with Crippen LogP contribution in [0.25, 0.3) is 11.3 Å². The van der Waals surface area contributed by atoms with E-state index in [-0.39, 0.29) is 6.04 Å². The number of H-pyrrole nitrogens is 1. The summed E-state index contributed by atoms with van der Waals surface area (Å²) in [6.45, 7) is 1.94. The van der Waals surface area contributed by atoms with Crippen LogP contribution >= 0.6 is 15.9 Å². The Morgan fingerprint density at radius 2 is 2.22 bits per heavy atom. The Bertz CT molecular complexity index is 732. The number of aromatic nitrogens is 4. The topological polar surface area (TPSA) is 80.6 Å². The fourth-order valence-electron chi connectivity index (χ4n) is 2.15. The zero-order chi connectivity index (χ0) is 12.9. The van der Waals surface area contributed by atoms with Crippen molar-refractivity contribution in [3.05, 3.63) is 31.5 Å². The predicted octanol–water partition coefficient (Wildman–Crippen LogP) is 1.21. The molecule has 1 fully saturated rings. The van der Waals surface area contributed by atoms with Gasteiger partial charge < -0.3 is 0 Å². The van der Waals surface area contributed by atoms with Crippen molar-refractivity contribution in [3.8, 4) is 0 Å². The van der Waals surface area contributed by atoms with E-state index in [2.05, 4.69) is 30.9 Å².